The molecule has 23 heavy (non-hydrogen) atoms. The number of rotatable bonds is 9. The van der Waals surface area contributed by atoms with Crippen molar-refractivity contribution in [3.05, 3.63) is 0 Å². The number of carbonyl (C=O) groups excluding carboxylic acids is 1. The van der Waals surface area contributed by atoms with Gasteiger partial charge < -0.3 is 15.0 Å². The molecule has 1 heterocycles. The zero-order chi connectivity index (χ0) is 16.9. The highest BCUT2D eigenvalue weighted by Crippen LogP contribution is 2.52. The lowest BCUT2D eigenvalue weighted by atomic mass is 9.90. The Morgan fingerprint density at radius 1 is 1.17 bits per heavy atom. The minimum absolute atomic E-state index is 0.0342. The molecule has 1 aliphatic heterocycles. The summed E-state index contributed by atoms with van der Waals surface area (Å²) in [5, 5.41) is 3.33. The molecule has 0 spiro atoms. The molecule has 0 aromatic rings. The first-order chi connectivity index (χ1) is 10.9. The fourth-order valence-electron chi connectivity index (χ4n) is 3.59. The van der Waals surface area contributed by atoms with Crippen LogP contribution in [0.2, 0.25) is 0 Å². The van der Waals surface area contributed by atoms with E-state index in [0.717, 1.165) is 58.3 Å². The van der Waals surface area contributed by atoms with Crippen molar-refractivity contribution in [3.63, 3.8) is 0 Å². The van der Waals surface area contributed by atoms with Gasteiger partial charge in [-0.05, 0) is 64.8 Å². The number of carbonyl (C=O) groups is 1. The Kier molecular flexibility index (Phi) is 6.90. The molecule has 0 atom stereocenters. The molecule has 0 unspecified atom stereocenters. The van der Waals surface area contributed by atoms with E-state index in [0.29, 0.717) is 24.0 Å². The van der Waals surface area contributed by atoms with Crippen LogP contribution in [0.3, 0.4) is 0 Å². The average molecular weight is 325 g/mol. The van der Waals surface area contributed by atoms with E-state index in [2.05, 4.69) is 37.9 Å². The number of hydrogen-bond donors (Lipinski definition) is 1. The number of hydrogen-bond acceptors (Lipinski definition) is 3. The highest BCUT2D eigenvalue weighted by atomic mass is 16.5. The van der Waals surface area contributed by atoms with E-state index in [1.807, 2.05) is 0 Å². The molecular formula is C19H36N2O2. The van der Waals surface area contributed by atoms with E-state index in [9.17, 15) is 4.79 Å². The average Bonchev–Trinajstić information content (AvgIpc) is 3.30. The molecule has 2 rings (SSSR count). The first kappa shape index (κ1) is 18.7. The molecule has 0 aromatic carbocycles. The van der Waals surface area contributed by atoms with Crippen LogP contribution < -0.4 is 5.32 Å². The predicted molar refractivity (Wildman–Crippen MR) is 94.4 cm³/mol. The third-order valence-electron chi connectivity index (χ3n) is 5.59. The van der Waals surface area contributed by atoms with Gasteiger partial charge in [-0.2, -0.15) is 0 Å². The summed E-state index contributed by atoms with van der Waals surface area (Å²) in [6.45, 7) is 12.8. The van der Waals surface area contributed by atoms with E-state index in [1.54, 1.807) is 0 Å². The standard InChI is InChI=1S/C19H36N2O2/c1-15(2)19(9-10-19)18(22)20-17-7-12-21(13-8-17)11-5-6-14-23-16(3)4/h15-17H,5-14H2,1-4H3,(H,20,22). The van der Waals surface area contributed by atoms with Gasteiger partial charge in [0.25, 0.3) is 0 Å². The van der Waals surface area contributed by atoms with Gasteiger partial charge in [-0.15, -0.1) is 0 Å². The Labute approximate surface area is 142 Å². The van der Waals surface area contributed by atoms with Gasteiger partial charge in [-0.25, -0.2) is 0 Å². The Morgan fingerprint density at radius 2 is 1.83 bits per heavy atom. The van der Waals surface area contributed by atoms with Crippen molar-refractivity contribution in [3.8, 4) is 0 Å². The van der Waals surface area contributed by atoms with Crippen LogP contribution in [0, 0.1) is 11.3 Å². The van der Waals surface area contributed by atoms with Gasteiger partial charge in [-0.3, -0.25) is 4.79 Å². The van der Waals surface area contributed by atoms with Crippen molar-refractivity contribution in [2.75, 3.05) is 26.2 Å². The number of ether oxygens (including phenoxy) is 1. The summed E-state index contributed by atoms with van der Waals surface area (Å²) in [6.07, 6.45) is 7.05. The summed E-state index contributed by atoms with van der Waals surface area (Å²) in [6, 6.07) is 0.388. The second kappa shape index (κ2) is 8.48. The highest BCUT2D eigenvalue weighted by molar-refractivity contribution is 5.85. The van der Waals surface area contributed by atoms with Crippen LogP contribution in [0.15, 0.2) is 0 Å². The van der Waals surface area contributed by atoms with E-state index in [1.165, 1.54) is 6.42 Å². The van der Waals surface area contributed by atoms with Crippen molar-refractivity contribution >= 4 is 5.91 Å². The lowest BCUT2D eigenvalue weighted by Gasteiger charge is -2.33. The van der Waals surface area contributed by atoms with Crippen molar-refractivity contribution in [2.24, 2.45) is 11.3 Å². The SMILES string of the molecule is CC(C)OCCCCN1CCC(NC(=O)C2(C(C)C)CC2)CC1. The van der Waals surface area contributed by atoms with Crippen molar-refractivity contribution in [2.45, 2.75) is 78.4 Å². The van der Waals surface area contributed by atoms with Gasteiger partial charge in [0, 0.05) is 25.7 Å². The first-order valence-corrected chi connectivity index (χ1v) is 9.59. The largest absolute Gasteiger partial charge is 0.379 e. The summed E-state index contributed by atoms with van der Waals surface area (Å²) >= 11 is 0. The Balaban J connectivity index is 1.58. The molecular weight excluding hydrogens is 288 g/mol. The number of unbranched alkanes of at least 4 members (excludes halogenated alkanes) is 1. The molecule has 1 aliphatic carbocycles. The van der Waals surface area contributed by atoms with E-state index < -0.39 is 0 Å². The summed E-state index contributed by atoms with van der Waals surface area (Å²) in [5.74, 6) is 0.785. The fourth-order valence-corrected chi connectivity index (χ4v) is 3.59. The van der Waals surface area contributed by atoms with Crippen LogP contribution in [-0.4, -0.2) is 49.2 Å². The molecule has 0 bridgehead atoms. The molecule has 134 valence electrons. The fraction of sp³-hybridized carbons (Fsp3) is 0.947. The van der Waals surface area contributed by atoms with Crippen LogP contribution >= 0.6 is 0 Å². The van der Waals surface area contributed by atoms with Gasteiger partial charge in [-0.1, -0.05) is 13.8 Å². The molecule has 1 amide bonds. The molecule has 0 radical (unpaired) electrons. The van der Waals surface area contributed by atoms with Crippen LogP contribution in [0.5, 0.6) is 0 Å². The minimum Gasteiger partial charge on any atom is -0.379 e. The zero-order valence-electron chi connectivity index (χ0n) is 15.6. The normalized spacial score (nSPS) is 21.8. The number of amides is 1. The quantitative estimate of drug-likeness (QED) is 0.662. The van der Waals surface area contributed by atoms with E-state index >= 15 is 0 Å². The first-order valence-electron chi connectivity index (χ1n) is 9.59. The summed E-state index contributed by atoms with van der Waals surface area (Å²) < 4.78 is 5.58. The molecule has 1 saturated carbocycles. The van der Waals surface area contributed by atoms with E-state index in [4.69, 9.17) is 4.74 Å². The molecule has 4 nitrogen and oxygen atoms in total. The van der Waals surface area contributed by atoms with Crippen molar-refractivity contribution in [1.82, 2.24) is 10.2 Å². The molecule has 4 heteroatoms. The molecule has 2 fully saturated rings. The van der Waals surface area contributed by atoms with Gasteiger partial charge >= 0.3 is 0 Å². The Morgan fingerprint density at radius 3 is 2.35 bits per heavy atom. The van der Waals surface area contributed by atoms with Gasteiger partial charge in [0.2, 0.25) is 5.91 Å². The summed E-state index contributed by atoms with van der Waals surface area (Å²) in [4.78, 5) is 15.0. The smallest absolute Gasteiger partial charge is 0.226 e. The number of likely N-dealkylation sites (tertiary alicyclic amines) is 1. The van der Waals surface area contributed by atoms with E-state index in [-0.39, 0.29) is 5.41 Å². The van der Waals surface area contributed by atoms with Crippen molar-refractivity contribution < 1.29 is 9.53 Å². The van der Waals surface area contributed by atoms with Gasteiger partial charge in [0.15, 0.2) is 0 Å². The highest BCUT2D eigenvalue weighted by Gasteiger charge is 2.52. The second-order valence-corrected chi connectivity index (χ2v) is 8.03. The second-order valence-electron chi connectivity index (χ2n) is 8.03. The maximum Gasteiger partial charge on any atom is 0.226 e. The predicted octanol–water partition coefficient (Wildman–Crippen LogP) is 3.21. The third kappa shape index (κ3) is 5.46. The van der Waals surface area contributed by atoms with Gasteiger partial charge in [0.05, 0.1) is 11.5 Å². The molecule has 1 saturated heterocycles. The van der Waals surface area contributed by atoms with Crippen LogP contribution in [0.25, 0.3) is 0 Å². The van der Waals surface area contributed by atoms with Crippen LogP contribution in [0.4, 0.5) is 0 Å². The monoisotopic (exact) mass is 324 g/mol. The zero-order valence-corrected chi connectivity index (χ0v) is 15.6. The number of nitrogens with zero attached hydrogens (tertiary/aromatic N) is 1. The van der Waals surface area contributed by atoms with Crippen LogP contribution in [-0.2, 0) is 9.53 Å². The third-order valence-corrected chi connectivity index (χ3v) is 5.59. The van der Waals surface area contributed by atoms with Gasteiger partial charge in [0.1, 0.15) is 0 Å². The topological polar surface area (TPSA) is 41.6 Å². The Hall–Kier alpha value is -0.610. The molecule has 2 aliphatic rings. The molecule has 1 N–H and O–H groups in total. The number of nitrogens with one attached hydrogen (secondary N) is 1. The van der Waals surface area contributed by atoms with Crippen molar-refractivity contribution in [1.29, 1.82) is 0 Å². The number of piperidine rings is 1. The summed E-state index contributed by atoms with van der Waals surface area (Å²) in [7, 11) is 0. The van der Waals surface area contributed by atoms with Crippen LogP contribution in [0.1, 0.15) is 66.2 Å². The molecule has 0 aromatic heterocycles. The lowest BCUT2D eigenvalue weighted by Crippen LogP contribution is -2.47. The minimum atomic E-state index is -0.0342. The summed E-state index contributed by atoms with van der Waals surface area (Å²) in [5.41, 5.74) is -0.0342. The Bertz CT molecular complexity index is 370. The lowest BCUT2D eigenvalue weighted by molar-refractivity contribution is -0.128. The maximum absolute atomic E-state index is 12.5. The maximum atomic E-state index is 12.5.